The van der Waals surface area contributed by atoms with Gasteiger partial charge in [0.1, 0.15) is 0 Å². The molecule has 0 bridgehead atoms. The fourth-order valence-electron chi connectivity index (χ4n) is 0.495. The maximum absolute atomic E-state index is 10.7. The van der Waals surface area contributed by atoms with Gasteiger partial charge in [-0.1, -0.05) is 0 Å². The van der Waals surface area contributed by atoms with Crippen LogP contribution in [0, 0.1) is 0 Å². The Morgan fingerprint density at radius 2 is 2.56 bits per heavy atom. The van der Waals surface area contributed by atoms with Crippen molar-refractivity contribution in [3.05, 3.63) is 12.4 Å². The summed E-state index contributed by atoms with van der Waals surface area (Å²) in [7, 11) is 1.57. The zero-order valence-electron chi connectivity index (χ0n) is 5.01. The van der Waals surface area contributed by atoms with Crippen LogP contribution in [-0.4, -0.2) is 18.1 Å². The molecule has 0 fully saturated rings. The predicted octanol–water partition coefficient (Wildman–Crippen LogP) is -0.878. The molecule has 0 aromatic rings. The van der Waals surface area contributed by atoms with Crippen LogP contribution in [0.15, 0.2) is 12.4 Å². The Bertz CT molecular complexity index is 144. The van der Waals surface area contributed by atoms with E-state index in [1.54, 1.807) is 19.4 Å². The number of amides is 2. The van der Waals surface area contributed by atoms with Crippen molar-refractivity contribution < 1.29 is 4.79 Å². The molecule has 50 valence electrons. The molecule has 1 rings (SSSR count). The van der Waals surface area contributed by atoms with Gasteiger partial charge in [-0.05, 0) is 0 Å². The number of urea groups is 1. The van der Waals surface area contributed by atoms with E-state index in [2.05, 4.69) is 16.3 Å². The molecule has 1 aliphatic heterocycles. The second-order valence-corrected chi connectivity index (χ2v) is 1.50. The van der Waals surface area contributed by atoms with Crippen LogP contribution in [0.1, 0.15) is 0 Å². The summed E-state index contributed by atoms with van der Waals surface area (Å²) in [6.45, 7) is 0. The average Bonchev–Trinajstić information content (AvgIpc) is 2.37. The van der Waals surface area contributed by atoms with Gasteiger partial charge in [0.05, 0.1) is 0 Å². The molecule has 0 radical (unpaired) electrons. The third-order valence-corrected chi connectivity index (χ3v) is 0.925. The molecular formula is C4H8N4O. The van der Waals surface area contributed by atoms with Crippen LogP contribution in [0.5, 0.6) is 0 Å². The number of rotatable bonds is 0. The van der Waals surface area contributed by atoms with Crippen LogP contribution in [0.4, 0.5) is 4.79 Å². The minimum absolute atomic E-state index is 0.198. The van der Waals surface area contributed by atoms with Crippen LogP contribution in [-0.2, 0) is 0 Å². The van der Waals surface area contributed by atoms with Crippen molar-refractivity contribution >= 4 is 6.03 Å². The van der Waals surface area contributed by atoms with Crippen molar-refractivity contribution in [2.24, 2.45) is 0 Å². The van der Waals surface area contributed by atoms with Crippen molar-refractivity contribution in [1.82, 2.24) is 21.3 Å². The lowest BCUT2D eigenvalue weighted by atomic mass is 10.8. The first-order chi connectivity index (χ1) is 4.34. The van der Waals surface area contributed by atoms with E-state index in [0.717, 1.165) is 0 Å². The Morgan fingerprint density at radius 3 is 3.00 bits per heavy atom. The van der Waals surface area contributed by atoms with Gasteiger partial charge in [0.2, 0.25) is 0 Å². The minimum atomic E-state index is -0.198. The first-order valence-corrected chi connectivity index (χ1v) is 2.53. The molecule has 0 unspecified atom stereocenters. The number of hydrogen-bond donors (Lipinski definition) is 3. The maximum atomic E-state index is 10.7. The normalized spacial score (nSPS) is 15.4. The summed E-state index contributed by atoms with van der Waals surface area (Å²) >= 11 is 0. The molecule has 0 spiro atoms. The van der Waals surface area contributed by atoms with E-state index in [1.807, 2.05) is 0 Å². The van der Waals surface area contributed by atoms with Gasteiger partial charge in [0, 0.05) is 19.4 Å². The molecule has 0 saturated heterocycles. The highest BCUT2D eigenvalue weighted by Crippen LogP contribution is 1.87. The number of nitrogens with one attached hydrogen (secondary N) is 3. The summed E-state index contributed by atoms with van der Waals surface area (Å²) < 4.78 is 0. The van der Waals surface area contributed by atoms with Crippen molar-refractivity contribution in [1.29, 1.82) is 0 Å². The van der Waals surface area contributed by atoms with E-state index < -0.39 is 0 Å². The van der Waals surface area contributed by atoms with Crippen molar-refractivity contribution in [2.75, 3.05) is 7.05 Å². The second-order valence-electron chi connectivity index (χ2n) is 1.50. The monoisotopic (exact) mass is 128 g/mol. The molecule has 0 saturated carbocycles. The highest BCUT2D eigenvalue weighted by Gasteiger charge is 2.08. The molecule has 5 heteroatoms. The average molecular weight is 128 g/mol. The highest BCUT2D eigenvalue weighted by molar-refractivity contribution is 5.74. The molecule has 0 aromatic heterocycles. The van der Waals surface area contributed by atoms with E-state index in [4.69, 9.17) is 0 Å². The maximum Gasteiger partial charge on any atom is 0.337 e. The van der Waals surface area contributed by atoms with Crippen LogP contribution in [0.2, 0.25) is 0 Å². The van der Waals surface area contributed by atoms with Gasteiger partial charge in [-0.3, -0.25) is 0 Å². The SMILES string of the molecule is CNC(=O)N1C=CNN1. The highest BCUT2D eigenvalue weighted by atomic mass is 16.2. The molecular weight excluding hydrogens is 120 g/mol. The van der Waals surface area contributed by atoms with Gasteiger partial charge in [0.15, 0.2) is 0 Å². The summed E-state index contributed by atoms with van der Waals surface area (Å²) in [4.78, 5) is 10.7. The Kier molecular flexibility index (Phi) is 1.55. The van der Waals surface area contributed by atoms with Crippen LogP contribution < -0.4 is 16.3 Å². The summed E-state index contributed by atoms with van der Waals surface area (Å²) in [5.41, 5.74) is 5.19. The van der Waals surface area contributed by atoms with Gasteiger partial charge in [-0.15, -0.1) is 5.53 Å². The molecule has 3 N–H and O–H groups in total. The van der Waals surface area contributed by atoms with E-state index in [0.29, 0.717) is 0 Å². The Labute approximate surface area is 52.6 Å². The summed E-state index contributed by atoms with van der Waals surface area (Å²) in [6.07, 6.45) is 3.20. The fraction of sp³-hybridized carbons (Fsp3) is 0.250. The van der Waals surface area contributed by atoms with Gasteiger partial charge < -0.3 is 10.7 Å². The molecule has 9 heavy (non-hydrogen) atoms. The van der Waals surface area contributed by atoms with E-state index in [9.17, 15) is 4.79 Å². The van der Waals surface area contributed by atoms with Crippen LogP contribution in [0.3, 0.4) is 0 Å². The Hall–Kier alpha value is -1.23. The lowest BCUT2D eigenvalue weighted by Gasteiger charge is -2.11. The zero-order valence-corrected chi connectivity index (χ0v) is 5.01. The summed E-state index contributed by atoms with van der Waals surface area (Å²) in [5, 5.41) is 3.73. The van der Waals surface area contributed by atoms with Crippen molar-refractivity contribution in [2.45, 2.75) is 0 Å². The van der Waals surface area contributed by atoms with E-state index >= 15 is 0 Å². The third-order valence-electron chi connectivity index (χ3n) is 0.925. The first kappa shape index (κ1) is 5.90. The molecule has 1 heterocycles. The lowest BCUT2D eigenvalue weighted by Crippen LogP contribution is -2.44. The molecule has 0 aromatic carbocycles. The van der Waals surface area contributed by atoms with Crippen LogP contribution in [0.25, 0.3) is 0 Å². The first-order valence-electron chi connectivity index (χ1n) is 2.53. The second kappa shape index (κ2) is 2.36. The zero-order chi connectivity index (χ0) is 6.69. The Morgan fingerprint density at radius 1 is 1.78 bits per heavy atom. The molecule has 0 aliphatic carbocycles. The molecule has 0 atom stereocenters. The largest absolute Gasteiger partial charge is 0.340 e. The summed E-state index contributed by atoms with van der Waals surface area (Å²) in [6, 6.07) is -0.198. The van der Waals surface area contributed by atoms with Gasteiger partial charge in [0.25, 0.3) is 0 Å². The quantitative estimate of drug-likeness (QED) is 0.397. The van der Waals surface area contributed by atoms with Crippen molar-refractivity contribution in [3.63, 3.8) is 0 Å². The number of carbonyl (C=O) groups excluding carboxylic acids is 1. The topological polar surface area (TPSA) is 56.4 Å². The number of hydrazine groups is 2. The third kappa shape index (κ3) is 1.11. The predicted molar refractivity (Wildman–Crippen MR) is 31.7 cm³/mol. The summed E-state index contributed by atoms with van der Waals surface area (Å²) in [5.74, 6) is 0. The fourth-order valence-corrected chi connectivity index (χ4v) is 0.495. The standard InChI is InChI=1S/C4H8N4O/c1-5-4(9)8-3-2-6-7-8/h2-3,6-7H,1H3,(H,5,9). The molecule has 2 amide bonds. The van der Waals surface area contributed by atoms with Crippen LogP contribution >= 0.6 is 0 Å². The molecule has 1 aliphatic rings. The smallest absolute Gasteiger partial charge is 0.337 e. The molecule has 5 nitrogen and oxygen atoms in total. The van der Waals surface area contributed by atoms with E-state index in [1.165, 1.54) is 5.01 Å². The van der Waals surface area contributed by atoms with Gasteiger partial charge in [-0.25, -0.2) is 9.80 Å². The number of carbonyl (C=O) groups is 1. The number of hydrogen-bond acceptors (Lipinski definition) is 3. The van der Waals surface area contributed by atoms with Gasteiger partial charge >= 0.3 is 6.03 Å². The van der Waals surface area contributed by atoms with Crippen molar-refractivity contribution in [3.8, 4) is 0 Å². The Balaban J connectivity index is 2.43. The van der Waals surface area contributed by atoms with Gasteiger partial charge in [-0.2, -0.15) is 0 Å². The number of nitrogens with zero attached hydrogens (tertiary/aromatic N) is 1. The minimum Gasteiger partial charge on any atom is -0.340 e. The van der Waals surface area contributed by atoms with E-state index in [-0.39, 0.29) is 6.03 Å². The lowest BCUT2D eigenvalue weighted by molar-refractivity contribution is 0.200.